The molecule has 0 saturated carbocycles. The first-order chi connectivity index (χ1) is 9.31. The molecule has 3 heterocycles. The van der Waals surface area contributed by atoms with Crippen LogP contribution in [0.2, 0.25) is 5.28 Å². The highest BCUT2D eigenvalue weighted by atomic mass is 35.5. The van der Waals surface area contributed by atoms with Gasteiger partial charge in [-0.1, -0.05) is 5.16 Å². The van der Waals surface area contributed by atoms with Crippen LogP contribution in [0.4, 0.5) is 5.95 Å². The van der Waals surface area contributed by atoms with E-state index >= 15 is 0 Å². The number of nitrogens with one attached hydrogen (secondary N) is 1. The minimum absolute atomic E-state index is 0.0658. The molecule has 0 aliphatic carbocycles. The maximum atomic E-state index is 5.83. The van der Waals surface area contributed by atoms with Gasteiger partial charge in [0.25, 0.3) is 5.95 Å². The maximum absolute atomic E-state index is 5.83. The summed E-state index contributed by atoms with van der Waals surface area (Å²) >= 11 is 5.83. The molecule has 0 saturated heterocycles. The van der Waals surface area contributed by atoms with Crippen LogP contribution in [-0.2, 0) is 6.54 Å². The summed E-state index contributed by atoms with van der Waals surface area (Å²) in [6, 6.07) is 1.75. The van der Waals surface area contributed by atoms with Gasteiger partial charge < -0.3 is 9.84 Å². The van der Waals surface area contributed by atoms with Crippen LogP contribution in [0.1, 0.15) is 5.82 Å². The highest BCUT2D eigenvalue weighted by Crippen LogP contribution is 2.09. The van der Waals surface area contributed by atoms with Gasteiger partial charge in [0, 0.05) is 12.4 Å². The summed E-state index contributed by atoms with van der Waals surface area (Å²) < 4.78 is 6.09. The van der Waals surface area contributed by atoms with Crippen molar-refractivity contribution in [3.8, 4) is 5.95 Å². The van der Waals surface area contributed by atoms with Crippen molar-refractivity contribution in [3.05, 3.63) is 36.0 Å². The maximum Gasteiger partial charge on any atom is 0.256 e. The lowest BCUT2D eigenvalue weighted by molar-refractivity contribution is 0.411. The molecule has 96 valence electrons. The molecule has 1 N–H and O–H groups in total. The molecule has 0 amide bonds. The van der Waals surface area contributed by atoms with Gasteiger partial charge in [0.1, 0.15) is 0 Å². The van der Waals surface area contributed by atoms with Crippen LogP contribution in [0, 0.1) is 0 Å². The molecule has 0 aromatic carbocycles. The molecular weight excluding hydrogens is 272 g/mol. The molecule has 0 fully saturated rings. The number of hydrogen-bond donors (Lipinski definition) is 1. The molecule has 9 nitrogen and oxygen atoms in total. The Labute approximate surface area is 111 Å². The lowest BCUT2D eigenvalue weighted by atomic mass is 10.6. The smallest absolute Gasteiger partial charge is 0.256 e. The van der Waals surface area contributed by atoms with Gasteiger partial charge in [-0.25, -0.2) is 4.68 Å². The third kappa shape index (κ3) is 2.65. The van der Waals surface area contributed by atoms with Crippen molar-refractivity contribution < 1.29 is 4.52 Å². The van der Waals surface area contributed by atoms with Gasteiger partial charge in [-0.15, -0.1) is 0 Å². The van der Waals surface area contributed by atoms with E-state index in [9.17, 15) is 0 Å². The molecule has 19 heavy (non-hydrogen) atoms. The Morgan fingerprint density at radius 3 is 3.00 bits per heavy atom. The minimum Gasteiger partial charge on any atom is -0.347 e. The van der Waals surface area contributed by atoms with Crippen molar-refractivity contribution in [3.63, 3.8) is 0 Å². The van der Waals surface area contributed by atoms with Crippen LogP contribution in [0.5, 0.6) is 0 Å². The summed E-state index contributed by atoms with van der Waals surface area (Å²) in [5.74, 6) is 1.10. The molecule has 0 atom stereocenters. The van der Waals surface area contributed by atoms with Crippen molar-refractivity contribution in [2.45, 2.75) is 6.54 Å². The zero-order chi connectivity index (χ0) is 13.1. The van der Waals surface area contributed by atoms with Crippen LogP contribution in [0.15, 0.2) is 29.4 Å². The number of hydrogen-bond acceptors (Lipinski definition) is 8. The first-order valence-corrected chi connectivity index (χ1v) is 5.60. The molecule has 0 aliphatic heterocycles. The van der Waals surface area contributed by atoms with E-state index in [1.54, 1.807) is 18.5 Å². The van der Waals surface area contributed by atoms with Gasteiger partial charge >= 0.3 is 0 Å². The lowest BCUT2D eigenvalue weighted by Gasteiger charge is -2.04. The molecular formula is C9H7ClN8O. The van der Waals surface area contributed by atoms with E-state index in [2.05, 4.69) is 40.0 Å². The number of aromatic nitrogens is 7. The Kier molecular flexibility index (Phi) is 3.02. The van der Waals surface area contributed by atoms with Gasteiger partial charge in [0.05, 0.1) is 6.54 Å². The van der Waals surface area contributed by atoms with Crippen molar-refractivity contribution in [1.29, 1.82) is 0 Å². The van der Waals surface area contributed by atoms with E-state index in [-0.39, 0.29) is 5.28 Å². The summed E-state index contributed by atoms with van der Waals surface area (Å²) in [5, 5.41) is 10.7. The third-order valence-corrected chi connectivity index (χ3v) is 2.29. The normalized spacial score (nSPS) is 10.6. The summed E-state index contributed by atoms with van der Waals surface area (Å²) in [4.78, 5) is 16.0. The predicted molar refractivity (Wildman–Crippen MR) is 63.6 cm³/mol. The standard InChI is InChI=1S/C9H7ClN8O/c10-7-14-8(11-4-6-12-5-19-17-6)16-9(15-7)18-3-1-2-13-18/h1-3,5H,4H2,(H,11,14,15,16). The summed E-state index contributed by atoms with van der Waals surface area (Å²) in [6.45, 7) is 0.315. The van der Waals surface area contributed by atoms with Gasteiger partial charge in [-0.05, 0) is 17.7 Å². The second-order valence-electron chi connectivity index (χ2n) is 3.38. The second-order valence-corrected chi connectivity index (χ2v) is 3.72. The van der Waals surface area contributed by atoms with Crippen molar-refractivity contribution in [2.75, 3.05) is 5.32 Å². The Hall–Kier alpha value is -2.55. The first kappa shape index (κ1) is 11.5. The predicted octanol–water partition coefficient (Wildman–Crippen LogP) is 0.706. The van der Waals surface area contributed by atoms with E-state index in [0.29, 0.717) is 24.3 Å². The molecule has 3 rings (SSSR count). The zero-order valence-corrected chi connectivity index (χ0v) is 10.2. The molecule has 0 unspecified atom stereocenters. The molecule has 3 aromatic heterocycles. The highest BCUT2D eigenvalue weighted by molar-refractivity contribution is 6.28. The van der Waals surface area contributed by atoms with E-state index in [4.69, 9.17) is 11.6 Å². The zero-order valence-electron chi connectivity index (χ0n) is 9.43. The lowest BCUT2D eigenvalue weighted by Crippen LogP contribution is -2.09. The molecule has 10 heteroatoms. The fourth-order valence-corrected chi connectivity index (χ4v) is 1.49. The topological polar surface area (TPSA) is 107 Å². The van der Waals surface area contributed by atoms with Crippen LogP contribution < -0.4 is 5.32 Å². The monoisotopic (exact) mass is 278 g/mol. The van der Waals surface area contributed by atoms with Gasteiger partial charge in [-0.2, -0.15) is 25.0 Å². The van der Waals surface area contributed by atoms with Crippen molar-refractivity contribution >= 4 is 17.5 Å². The van der Waals surface area contributed by atoms with Crippen molar-refractivity contribution in [2.24, 2.45) is 0 Å². The Morgan fingerprint density at radius 1 is 1.32 bits per heavy atom. The van der Waals surface area contributed by atoms with E-state index in [0.717, 1.165) is 0 Å². The van der Waals surface area contributed by atoms with Crippen LogP contribution in [0.25, 0.3) is 5.95 Å². The van der Waals surface area contributed by atoms with Crippen LogP contribution in [0.3, 0.4) is 0 Å². The van der Waals surface area contributed by atoms with Crippen LogP contribution in [-0.4, -0.2) is 34.9 Å². The first-order valence-electron chi connectivity index (χ1n) is 5.22. The molecule has 0 radical (unpaired) electrons. The average molecular weight is 279 g/mol. The Morgan fingerprint density at radius 2 is 2.26 bits per heavy atom. The number of anilines is 1. The summed E-state index contributed by atoms with van der Waals surface area (Å²) in [6.07, 6.45) is 4.56. The minimum atomic E-state index is 0.0658. The SMILES string of the molecule is Clc1nc(NCc2ncon2)nc(-n2cccn2)n1. The highest BCUT2D eigenvalue weighted by Gasteiger charge is 2.07. The number of rotatable bonds is 4. The quantitative estimate of drug-likeness (QED) is 0.743. The molecule has 0 bridgehead atoms. The fraction of sp³-hybridized carbons (Fsp3) is 0.111. The molecule has 3 aromatic rings. The summed E-state index contributed by atoms with van der Waals surface area (Å²) in [7, 11) is 0. The number of halogens is 1. The average Bonchev–Trinajstić information content (AvgIpc) is 3.09. The van der Waals surface area contributed by atoms with E-state index < -0.39 is 0 Å². The third-order valence-electron chi connectivity index (χ3n) is 2.12. The van der Waals surface area contributed by atoms with Gasteiger partial charge in [-0.3, -0.25) is 0 Å². The molecule has 0 aliphatic rings. The Bertz CT molecular complexity index is 653. The van der Waals surface area contributed by atoms with Crippen LogP contribution >= 0.6 is 11.6 Å². The van der Waals surface area contributed by atoms with Crippen molar-refractivity contribution in [1.82, 2.24) is 34.9 Å². The van der Waals surface area contributed by atoms with Gasteiger partial charge in [0.2, 0.25) is 17.6 Å². The Balaban J connectivity index is 1.82. The summed E-state index contributed by atoms with van der Waals surface area (Å²) in [5.41, 5.74) is 0. The number of nitrogens with zero attached hydrogens (tertiary/aromatic N) is 7. The molecule has 0 spiro atoms. The van der Waals surface area contributed by atoms with E-state index in [1.807, 2.05) is 0 Å². The van der Waals surface area contributed by atoms with Gasteiger partial charge in [0.15, 0.2) is 5.82 Å². The fourth-order valence-electron chi connectivity index (χ4n) is 1.34. The second kappa shape index (κ2) is 4.98. The largest absolute Gasteiger partial charge is 0.347 e. The van der Waals surface area contributed by atoms with E-state index in [1.165, 1.54) is 11.1 Å².